The molecule has 2 aromatic heterocycles. The molecule has 5 heteroatoms. The molecule has 0 bridgehead atoms. The molecular weight excluding hydrogens is 246 g/mol. The van der Waals surface area contributed by atoms with E-state index in [9.17, 15) is 0 Å². The van der Waals surface area contributed by atoms with E-state index in [1.807, 2.05) is 11.3 Å². The molecule has 2 aromatic rings. The molecule has 2 rings (SSSR count). The molecule has 0 fully saturated rings. The van der Waals surface area contributed by atoms with Gasteiger partial charge in [-0.05, 0) is 32.4 Å². The molecule has 18 heavy (non-hydrogen) atoms. The second-order valence-electron chi connectivity index (χ2n) is 4.18. The van der Waals surface area contributed by atoms with Gasteiger partial charge in [-0.25, -0.2) is 9.97 Å². The zero-order valence-electron chi connectivity index (χ0n) is 11.0. The molecule has 1 N–H and O–H groups in total. The van der Waals surface area contributed by atoms with E-state index in [1.165, 1.54) is 21.6 Å². The number of anilines is 1. The average Bonchev–Trinajstić information content (AvgIpc) is 2.69. The van der Waals surface area contributed by atoms with Crippen LogP contribution >= 0.6 is 11.3 Å². The second-order valence-corrected chi connectivity index (χ2v) is 5.64. The Balaban J connectivity index is 2.15. The lowest BCUT2D eigenvalue weighted by Crippen LogP contribution is -2.08. The Morgan fingerprint density at radius 1 is 1.28 bits per heavy atom. The lowest BCUT2D eigenvalue weighted by Gasteiger charge is -2.14. The number of nitrogens with one attached hydrogen (secondary N) is 1. The van der Waals surface area contributed by atoms with Gasteiger partial charge in [-0.1, -0.05) is 0 Å². The van der Waals surface area contributed by atoms with Gasteiger partial charge in [0.2, 0.25) is 5.88 Å². The summed E-state index contributed by atoms with van der Waals surface area (Å²) in [5.74, 6) is 1.34. The Kier molecular flexibility index (Phi) is 3.81. The van der Waals surface area contributed by atoms with Crippen LogP contribution in [-0.2, 0) is 0 Å². The Hall–Kier alpha value is -1.62. The maximum atomic E-state index is 5.08. The highest BCUT2D eigenvalue weighted by atomic mass is 32.1. The topological polar surface area (TPSA) is 47.0 Å². The molecule has 2 heterocycles. The van der Waals surface area contributed by atoms with Crippen molar-refractivity contribution in [1.82, 2.24) is 9.97 Å². The van der Waals surface area contributed by atoms with Gasteiger partial charge in [-0.3, -0.25) is 0 Å². The van der Waals surface area contributed by atoms with Gasteiger partial charge in [-0.2, -0.15) is 0 Å². The van der Waals surface area contributed by atoms with Gasteiger partial charge >= 0.3 is 0 Å². The van der Waals surface area contributed by atoms with Gasteiger partial charge in [0.05, 0.1) is 13.2 Å². The number of aromatic nitrogens is 2. The van der Waals surface area contributed by atoms with E-state index in [0.717, 1.165) is 5.82 Å². The Morgan fingerprint density at radius 3 is 2.67 bits per heavy atom. The standard InChI is InChI=1S/C13H17N3OS/c1-8-5-11(10(3)18-8)9(2)16-12-6-13(17-4)15-7-14-12/h5-7,9H,1-4H3,(H,14,15,16). The van der Waals surface area contributed by atoms with Crippen LogP contribution in [-0.4, -0.2) is 17.1 Å². The molecule has 96 valence electrons. The summed E-state index contributed by atoms with van der Waals surface area (Å²) < 4.78 is 5.08. The average molecular weight is 263 g/mol. The van der Waals surface area contributed by atoms with Gasteiger partial charge in [0.1, 0.15) is 12.1 Å². The molecule has 1 unspecified atom stereocenters. The highest BCUT2D eigenvalue weighted by molar-refractivity contribution is 7.12. The Bertz CT molecular complexity index is 539. The first-order chi connectivity index (χ1) is 8.60. The normalized spacial score (nSPS) is 12.2. The maximum absolute atomic E-state index is 5.08. The number of hydrogen-bond acceptors (Lipinski definition) is 5. The van der Waals surface area contributed by atoms with Crippen molar-refractivity contribution in [2.24, 2.45) is 0 Å². The molecule has 0 aromatic carbocycles. The van der Waals surface area contributed by atoms with Crippen molar-refractivity contribution in [3.8, 4) is 5.88 Å². The molecule has 0 aliphatic carbocycles. The number of thiophene rings is 1. The minimum Gasteiger partial charge on any atom is -0.481 e. The monoisotopic (exact) mass is 263 g/mol. The number of ether oxygens (including phenoxy) is 1. The van der Waals surface area contributed by atoms with E-state index in [0.29, 0.717) is 5.88 Å². The fourth-order valence-corrected chi connectivity index (χ4v) is 2.93. The van der Waals surface area contributed by atoms with E-state index in [4.69, 9.17) is 4.74 Å². The molecule has 0 radical (unpaired) electrons. The summed E-state index contributed by atoms with van der Waals surface area (Å²) in [5, 5.41) is 3.36. The molecule has 0 spiro atoms. The largest absolute Gasteiger partial charge is 0.481 e. The van der Waals surface area contributed by atoms with Crippen molar-refractivity contribution < 1.29 is 4.74 Å². The van der Waals surface area contributed by atoms with E-state index in [2.05, 4.69) is 42.1 Å². The van der Waals surface area contributed by atoms with Gasteiger partial charge in [0.25, 0.3) is 0 Å². The highest BCUT2D eigenvalue weighted by Crippen LogP contribution is 2.28. The van der Waals surface area contributed by atoms with Crippen molar-refractivity contribution in [1.29, 1.82) is 0 Å². The van der Waals surface area contributed by atoms with Crippen molar-refractivity contribution in [2.45, 2.75) is 26.8 Å². The molecule has 0 aliphatic heterocycles. The Morgan fingerprint density at radius 2 is 2.06 bits per heavy atom. The zero-order valence-corrected chi connectivity index (χ0v) is 11.8. The lowest BCUT2D eigenvalue weighted by atomic mass is 10.1. The summed E-state index contributed by atoms with van der Waals surface area (Å²) in [6.45, 7) is 6.40. The van der Waals surface area contributed by atoms with Crippen LogP contribution in [0.2, 0.25) is 0 Å². The van der Waals surface area contributed by atoms with Crippen molar-refractivity contribution >= 4 is 17.2 Å². The summed E-state index contributed by atoms with van der Waals surface area (Å²) >= 11 is 1.82. The van der Waals surface area contributed by atoms with Crippen LogP contribution in [0.4, 0.5) is 5.82 Å². The van der Waals surface area contributed by atoms with E-state index in [-0.39, 0.29) is 6.04 Å². The third-order valence-corrected chi connectivity index (χ3v) is 3.74. The fraction of sp³-hybridized carbons (Fsp3) is 0.385. The number of hydrogen-bond donors (Lipinski definition) is 1. The number of nitrogens with zero attached hydrogens (tertiary/aromatic N) is 2. The zero-order chi connectivity index (χ0) is 13.1. The smallest absolute Gasteiger partial charge is 0.218 e. The number of aryl methyl sites for hydroxylation is 2. The summed E-state index contributed by atoms with van der Waals surface area (Å²) in [7, 11) is 1.60. The van der Waals surface area contributed by atoms with E-state index in [1.54, 1.807) is 13.2 Å². The molecule has 1 atom stereocenters. The van der Waals surface area contributed by atoms with Crippen LogP contribution in [0.25, 0.3) is 0 Å². The fourth-order valence-electron chi connectivity index (χ4n) is 1.91. The van der Waals surface area contributed by atoms with Gasteiger partial charge in [-0.15, -0.1) is 11.3 Å². The summed E-state index contributed by atoms with van der Waals surface area (Å²) in [5.41, 5.74) is 1.31. The molecule has 0 aliphatic rings. The van der Waals surface area contributed by atoms with Crippen LogP contribution < -0.4 is 10.1 Å². The van der Waals surface area contributed by atoms with Crippen molar-refractivity contribution in [2.75, 3.05) is 12.4 Å². The lowest BCUT2D eigenvalue weighted by molar-refractivity contribution is 0.397. The minimum atomic E-state index is 0.217. The molecule has 0 saturated carbocycles. The number of rotatable bonds is 4. The van der Waals surface area contributed by atoms with Gasteiger partial charge in [0, 0.05) is 15.8 Å². The second kappa shape index (κ2) is 5.35. The predicted octanol–water partition coefficient (Wildman–Crippen LogP) is 3.34. The first kappa shape index (κ1) is 12.8. The van der Waals surface area contributed by atoms with E-state index >= 15 is 0 Å². The Labute approximate surface area is 111 Å². The first-order valence-corrected chi connectivity index (χ1v) is 6.61. The summed E-state index contributed by atoms with van der Waals surface area (Å²) in [6, 6.07) is 4.23. The van der Waals surface area contributed by atoms with Gasteiger partial charge in [0.15, 0.2) is 0 Å². The SMILES string of the molecule is COc1cc(NC(C)c2cc(C)sc2C)ncn1. The van der Waals surface area contributed by atoms with Crippen LogP contribution in [0.5, 0.6) is 5.88 Å². The maximum Gasteiger partial charge on any atom is 0.218 e. The first-order valence-electron chi connectivity index (χ1n) is 5.79. The highest BCUT2D eigenvalue weighted by Gasteiger charge is 2.11. The third kappa shape index (κ3) is 2.79. The molecular formula is C13H17N3OS. The van der Waals surface area contributed by atoms with Crippen molar-refractivity contribution in [3.05, 3.63) is 33.8 Å². The van der Waals surface area contributed by atoms with Crippen LogP contribution in [0, 0.1) is 13.8 Å². The summed E-state index contributed by atoms with van der Waals surface area (Å²) in [4.78, 5) is 10.9. The minimum absolute atomic E-state index is 0.217. The van der Waals surface area contributed by atoms with E-state index < -0.39 is 0 Å². The predicted molar refractivity (Wildman–Crippen MR) is 74.4 cm³/mol. The van der Waals surface area contributed by atoms with Crippen molar-refractivity contribution in [3.63, 3.8) is 0 Å². The molecule has 4 nitrogen and oxygen atoms in total. The number of methoxy groups -OCH3 is 1. The summed E-state index contributed by atoms with van der Waals surface area (Å²) in [6.07, 6.45) is 1.50. The molecule has 0 amide bonds. The van der Waals surface area contributed by atoms with Crippen LogP contribution in [0.1, 0.15) is 28.3 Å². The van der Waals surface area contributed by atoms with Crippen LogP contribution in [0.15, 0.2) is 18.5 Å². The third-order valence-electron chi connectivity index (χ3n) is 2.76. The quantitative estimate of drug-likeness (QED) is 0.919. The van der Waals surface area contributed by atoms with Crippen LogP contribution in [0.3, 0.4) is 0 Å². The van der Waals surface area contributed by atoms with Gasteiger partial charge < -0.3 is 10.1 Å². The molecule has 0 saturated heterocycles.